The molecule has 0 saturated heterocycles. The number of benzene rings is 2. The Morgan fingerprint density at radius 2 is 1.70 bits per heavy atom. The van der Waals surface area contributed by atoms with Gasteiger partial charge >= 0.3 is 5.76 Å². The topological polar surface area (TPSA) is 59.1 Å². The van der Waals surface area contributed by atoms with Crippen LogP contribution >= 0.6 is 0 Å². The number of rotatable bonds is 6. The van der Waals surface area contributed by atoms with Crippen molar-refractivity contribution in [1.29, 1.82) is 0 Å². The maximum absolute atomic E-state index is 13.1. The Balaban J connectivity index is 2.09. The highest BCUT2D eigenvalue weighted by atomic mass is 32.2. The molecule has 4 nitrogen and oxygen atoms in total. The minimum atomic E-state index is -4.74. The Kier molecular flexibility index (Phi) is 5.51. The van der Waals surface area contributed by atoms with E-state index in [-0.39, 0.29) is 5.69 Å². The van der Waals surface area contributed by atoms with Crippen LogP contribution in [0.1, 0.15) is 22.9 Å². The highest BCUT2D eigenvalue weighted by Gasteiger charge is 2.30. The number of alkyl halides is 2. The van der Waals surface area contributed by atoms with Gasteiger partial charge in [0.15, 0.2) is 0 Å². The molecule has 0 amide bonds. The molecule has 0 radical (unpaired) electrons. The summed E-state index contributed by atoms with van der Waals surface area (Å²) in [5.74, 6) is -3.49. The highest BCUT2D eigenvalue weighted by Crippen LogP contribution is 2.31. The number of pyridine rings is 1. The monoisotopic (exact) mass is 388 g/mol. The van der Waals surface area contributed by atoms with Gasteiger partial charge < -0.3 is 5.32 Å². The largest absolute Gasteiger partial charge is 0.372 e. The molecule has 140 valence electrons. The standard InChI is InChI=1S/C20H18F2N2O2S/c1-14-7-6-8-15(13-14)19(17-10-4-5-12-23-17)24-16-9-2-3-11-18(16)27(25,26)20(21)22/h2-13,19-20,24H,1H3. The van der Waals surface area contributed by atoms with Gasteiger partial charge in [0.2, 0.25) is 9.84 Å². The number of anilines is 1. The first kappa shape index (κ1) is 19.0. The zero-order chi connectivity index (χ0) is 19.4. The smallest absolute Gasteiger partial charge is 0.341 e. The second-order valence-electron chi connectivity index (χ2n) is 6.05. The fourth-order valence-electron chi connectivity index (χ4n) is 2.81. The summed E-state index contributed by atoms with van der Waals surface area (Å²) in [4.78, 5) is 3.91. The Morgan fingerprint density at radius 1 is 0.963 bits per heavy atom. The SMILES string of the molecule is Cc1cccc(C(Nc2ccccc2S(=O)(=O)C(F)F)c2ccccn2)c1. The van der Waals surface area contributed by atoms with Crippen molar-refractivity contribution < 1.29 is 17.2 Å². The Bertz CT molecular complexity index is 1020. The molecule has 0 aliphatic rings. The number of halogens is 2. The van der Waals surface area contributed by atoms with Crippen LogP contribution in [0.15, 0.2) is 77.8 Å². The second kappa shape index (κ2) is 7.84. The third kappa shape index (κ3) is 4.14. The van der Waals surface area contributed by atoms with Gasteiger partial charge in [-0.1, -0.05) is 48.0 Å². The lowest BCUT2D eigenvalue weighted by molar-refractivity contribution is 0.235. The van der Waals surface area contributed by atoms with Crippen LogP contribution < -0.4 is 5.32 Å². The molecule has 2 aromatic carbocycles. The van der Waals surface area contributed by atoms with Crippen LogP contribution in [0.3, 0.4) is 0 Å². The third-order valence-electron chi connectivity index (χ3n) is 4.09. The van der Waals surface area contributed by atoms with E-state index in [1.54, 1.807) is 24.4 Å². The van der Waals surface area contributed by atoms with Crippen molar-refractivity contribution in [3.05, 3.63) is 89.7 Å². The van der Waals surface area contributed by atoms with Gasteiger partial charge in [0.1, 0.15) is 0 Å². The van der Waals surface area contributed by atoms with Gasteiger partial charge in [0.05, 0.1) is 22.3 Å². The van der Waals surface area contributed by atoms with Gasteiger partial charge in [-0.2, -0.15) is 8.78 Å². The van der Waals surface area contributed by atoms with E-state index in [9.17, 15) is 17.2 Å². The van der Waals surface area contributed by atoms with E-state index in [0.29, 0.717) is 5.69 Å². The van der Waals surface area contributed by atoms with Crippen molar-refractivity contribution in [3.8, 4) is 0 Å². The van der Waals surface area contributed by atoms with Crippen LogP contribution in [-0.2, 0) is 9.84 Å². The molecule has 0 aliphatic carbocycles. The number of nitrogens with zero attached hydrogens (tertiary/aromatic N) is 1. The first-order valence-corrected chi connectivity index (χ1v) is 9.79. The number of para-hydroxylation sites is 1. The number of nitrogens with one attached hydrogen (secondary N) is 1. The van der Waals surface area contributed by atoms with Crippen LogP contribution in [-0.4, -0.2) is 19.2 Å². The summed E-state index contributed by atoms with van der Waals surface area (Å²) in [5.41, 5.74) is 2.61. The number of hydrogen-bond donors (Lipinski definition) is 1. The molecule has 1 N–H and O–H groups in total. The fourth-order valence-corrected chi connectivity index (χ4v) is 3.70. The molecular weight excluding hydrogens is 370 g/mol. The number of aryl methyl sites for hydroxylation is 1. The van der Waals surface area contributed by atoms with Crippen LogP contribution in [0, 0.1) is 6.92 Å². The molecule has 3 aromatic rings. The zero-order valence-electron chi connectivity index (χ0n) is 14.5. The van der Waals surface area contributed by atoms with Crippen molar-refractivity contribution >= 4 is 15.5 Å². The van der Waals surface area contributed by atoms with Gasteiger partial charge in [0, 0.05) is 6.20 Å². The molecule has 1 aromatic heterocycles. The van der Waals surface area contributed by atoms with E-state index in [0.717, 1.165) is 11.1 Å². The summed E-state index contributed by atoms with van der Waals surface area (Å²) >= 11 is 0. The molecule has 3 rings (SSSR count). The van der Waals surface area contributed by atoms with Gasteiger partial charge in [-0.3, -0.25) is 4.98 Å². The van der Waals surface area contributed by atoms with Crippen LogP contribution in [0.5, 0.6) is 0 Å². The molecule has 7 heteroatoms. The summed E-state index contributed by atoms with van der Waals surface area (Å²) < 4.78 is 50.3. The van der Waals surface area contributed by atoms with Crippen molar-refractivity contribution in [2.24, 2.45) is 0 Å². The summed E-state index contributed by atoms with van der Waals surface area (Å²) in [6.07, 6.45) is 1.63. The second-order valence-corrected chi connectivity index (χ2v) is 7.93. The molecule has 0 aliphatic heterocycles. The molecule has 1 atom stereocenters. The van der Waals surface area contributed by atoms with Crippen molar-refractivity contribution in [2.75, 3.05) is 5.32 Å². The van der Waals surface area contributed by atoms with Crippen molar-refractivity contribution in [2.45, 2.75) is 23.6 Å². The van der Waals surface area contributed by atoms with Gasteiger partial charge in [-0.15, -0.1) is 0 Å². The zero-order valence-corrected chi connectivity index (χ0v) is 15.3. The predicted molar refractivity (Wildman–Crippen MR) is 101 cm³/mol. The number of hydrogen-bond acceptors (Lipinski definition) is 4. The predicted octanol–water partition coefficient (Wildman–Crippen LogP) is 4.59. The van der Waals surface area contributed by atoms with Crippen LogP contribution in [0.25, 0.3) is 0 Å². The minimum absolute atomic E-state index is 0.106. The van der Waals surface area contributed by atoms with E-state index >= 15 is 0 Å². The van der Waals surface area contributed by atoms with E-state index in [1.165, 1.54) is 18.2 Å². The minimum Gasteiger partial charge on any atom is -0.372 e. The highest BCUT2D eigenvalue weighted by molar-refractivity contribution is 7.91. The molecule has 0 fully saturated rings. The third-order valence-corrected chi connectivity index (χ3v) is 5.53. The molecule has 1 heterocycles. The van der Waals surface area contributed by atoms with Gasteiger partial charge in [0.25, 0.3) is 0 Å². The van der Waals surface area contributed by atoms with E-state index in [1.807, 2.05) is 37.3 Å². The molecular formula is C20H18F2N2O2S. The first-order valence-electron chi connectivity index (χ1n) is 8.24. The average molecular weight is 388 g/mol. The van der Waals surface area contributed by atoms with Crippen LogP contribution in [0.4, 0.5) is 14.5 Å². The van der Waals surface area contributed by atoms with Gasteiger partial charge in [-0.25, -0.2) is 8.42 Å². The van der Waals surface area contributed by atoms with E-state index in [2.05, 4.69) is 10.3 Å². The van der Waals surface area contributed by atoms with Crippen molar-refractivity contribution in [1.82, 2.24) is 4.98 Å². The molecule has 27 heavy (non-hydrogen) atoms. The lowest BCUT2D eigenvalue weighted by atomic mass is 10.0. The molecule has 1 unspecified atom stereocenters. The van der Waals surface area contributed by atoms with E-state index < -0.39 is 26.5 Å². The molecule has 0 spiro atoms. The average Bonchev–Trinajstić information content (AvgIpc) is 2.67. The summed E-state index contributed by atoms with van der Waals surface area (Å²) in [6.45, 7) is 1.94. The van der Waals surface area contributed by atoms with E-state index in [4.69, 9.17) is 0 Å². The quantitative estimate of drug-likeness (QED) is 0.671. The van der Waals surface area contributed by atoms with Crippen molar-refractivity contribution in [3.63, 3.8) is 0 Å². The summed E-state index contributed by atoms with van der Waals surface area (Å²) in [6, 6.07) is 18.2. The number of sulfone groups is 1. The maximum atomic E-state index is 13.1. The fraction of sp³-hybridized carbons (Fsp3) is 0.150. The Labute approximate surface area is 156 Å². The Hall–Kier alpha value is -2.80. The summed E-state index contributed by atoms with van der Waals surface area (Å²) in [7, 11) is -4.74. The normalized spacial score (nSPS) is 12.7. The van der Waals surface area contributed by atoms with Crippen LogP contribution in [0.2, 0.25) is 0 Å². The molecule has 0 bridgehead atoms. The first-order chi connectivity index (χ1) is 12.9. The maximum Gasteiger partial charge on any atom is 0.341 e. The van der Waals surface area contributed by atoms with Gasteiger partial charge in [-0.05, 0) is 36.8 Å². The lowest BCUT2D eigenvalue weighted by Gasteiger charge is -2.22. The molecule has 0 saturated carbocycles. The number of aromatic nitrogens is 1. The summed E-state index contributed by atoms with van der Waals surface area (Å²) in [5, 5.41) is 3.09. The lowest BCUT2D eigenvalue weighted by Crippen LogP contribution is -2.18. The Morgan fingerprint density at radius 3 is 2.37 bits per heavy atom.